The zero-order valence-corrected chi connectivity index (χ0v) is 13.7. The van der Waals surface area contributed by atoms with E-state index >= 15 is 0 Å². The van der Waals surface area contributed by atoms with E-state index in [-0.39, 0.29) is 5.82 Å². The molecule has 2 aromatic rings. The SMILES string of the molecule is CN(Cc1cccc(F)c1)Cn1nc2n(c1=S)CCCCC2. The van der Waals surface area contributed by atoms with Crippen LogP contribution in [0.15, 0.2) is 24.3 Å². The number of nitrogens with zero attached hydrogens (tertiary/aromatic N) is 4. The van der Waals surface area contributed by atoms with E-state index in [2.05, 4.69) is 14.6 Å². The highest BCUT2D eigenvalue weighted by molar-refractivity contribution is 7.71. The molecule has 1 aliphatic heterocycles. The fourth-order valence-electron chi connectivity index (χ4n) is 2.94. The van der Waals surface area contributed by atoms with Crippen molar-refractivity contribution in [3.05, 3.63) is 46.2 Å². The third-order valence-corrected chi connectivity index (χ3v) is 4.43. The van der Waals surface area contributed by atoms with Gasteiger partial charge in [-0.3, -0.25) is 4.90 Å². The van der Waals surface area contributed by atoms with Crippen molar-refractivity contribution in [3.8, 4) is 0 Å². The number of hydrogen-bond acceptors (Lipinski definition) is 3. The lowest BCUT2D eigenvalue weighted by atomic mass is 10.2. The van der Waals surface area contributed by atoms with E-state index in [1.807, 2.05) is 17.8 Å². The number of rotatable bonds is 4. The van der Waals surface area contributed by atoms with Crippen LogP contribution in [0.1, 0.15) is 30.7 Å². The number of fused-ring (bicyclic) bond motifs is 1. The van der Waals surface area contributed by atoms with Gasteiger partial charge in [0.25, 0.3) is 0 Å². The molecular formula is C16H21FN4S. The Bertz CT molecular complexity index is 706. The van der Waals surface area contributed by atoms with Gasteiger partial charge in [0.15, 0.2) is 4.77 Å². The maximum Gasteiger partial charge on any atom is 0.199 e. The summed E-state index contributed by atoms with van der Waals surface area (Å²) in [6.45, 7) is 2.26. The first-order valence-corrected chi connectivity index (χ1v) is 8.14. The van der Waals surface area contributed by atoms with Crippen LogP contribution in [0, 0.1) is 10.6 Å². The molecule has 0 N–H and O–H groups in total. The summed E-state index contributed by atoms with van der Waals surface area (Å²) in [4.78, 5) is 2.09. The second-order valence-corrected chi connectivity index (χ2v) is 6.31. The second kappa shape index (κ2) is 6.71. The first kappa shape index (κ1) is 15.4. The zero-order valence-electron chi connectivity index (χ0n) is 12.8. The molecule has 22 heavy (non-hydrogen) atoms. The predicted octanol–water partition coefficient (Wildman–Crippen LogP) is 3.37. The van der Waals surface area contributed by atoms with Crippen molar-refractivity contribution >= 4 is 12.2 Å². The molecule has 0 amide bonds. The van der Waals surface area contributed by atoms with Crippen LogP contribution in [0.3, 0.4) is 0 Å². The number of aromatic nitrogens is 3. The normalized spacial score (nSPS) is 14.9. The molecule has 0 unspecified atom stereocenters. The minimum atomic E-state index is -0.198. The Hall–Kier alpha value is -1.53. The molecule has 3 rings (SSSR count). The maximum atomic E-state index is 13.2. The third kappa shape index (κ3) is 3.44. The highest BCUT2D eigenvalue weighted by Gasteiger charge is 2.14. The molecule has 6 heteroatoms. The third-order valence-electron chi connectivity index (χ3n) is 4.00. The predicted molar refractivity (Wildman–Crippen MR) is 86.5 cm³/mol. The van der Waals surface area contributed by atoms with E-state index in [1.54, 1.807) is 12.1 Å². The van der Waals surface area contributed by atoms with Gasteiger partial charge in [0.2, 0.25) is 0 Å². The van der Waals surface area contributed by atoms with E-state index in [0.29, 0.717) is 13.2 Å². The molecule has 4 nitrogen and oxygen atoms in total. The van der Waals surface area contributed by atoms with Crippen LogP contribution in [-0.4, -0.2) is 26.3 Å². The molecule has 2 heterocycles. The van der Waals surface area contributed by atoms with Crippen molar-refractivity contribution in [2.24, 2.45) is 0 Å². The second-order valence-electron chi connectivity index (χ2n) is 5.95. The van der Waals surface area contributed by atoms with Crippen molar-refractivity contribution in [1.82, 2.24) is 19.2 Å². The van der Waals surface area contributed by atoms with Crippen LogP contribution < -0.4 is 0 Å². The van der Waals surface area contributed by atoms with Gasteiger partial charge in [-0.2, -0.15) is 5.10 Å². The summed E-state index contributed by atoms with van der Waals surface area (Å²) in [5.41, 5.74) is 0.954. The van der Waals surface area contributed by atoms with E-state index in [4.69, 9.17) is 12.2 Å². The summed E-state index contributed by atoms with van der Waals surface area (Å²) in [6, 6.07) is 6.70. The highest BCUT2D eigenvalue weighted by Crippen LogP contribution is 2.14. The van der Waals surface area contributed by atoms with Crippen LogP contribution in [0.4, 0.5) is 4.39 Å². The monoisotopic (exact) mass is 320 g/mol. The molecule has 1 aromatic carbocycles. The number of aryl methyl sites for hydroxylation is 1. The molecule has 1 aliphatic rings. The van der Waals surface area contributed by atoms with Gasteiger partial charge in [0, 0.05) is 19.5 Å². The summed E-state index contributed by atoms with van der Waals surface area (Å²) in [6.07, 6.45) is 4.61. The Morgan fingerprint density at radius 1 is 1.32 bits per heavy atom. The van der Waals surface area contributed by atoms with Crippen LogP contribution in [-0.2, 0) is 26.2 Å². The van der Waals surface area contributed by atoms with Gasteiger partial charge < -0.3 is 4.57 Å². The summed E-state index contributed by atoms with van der Waals surface area (Å²) in [5, 5.41) is 4.67. The molecule has 0 saturated carbocycles. The number of benzene rings is 1. The first-order valence-electron chi connectivity index (χ1n) is 7.73. The van der Waals surface area contributed by atoms with Crippen LogP contribution in [0.25, 0.3) is 0 Å². The fourth-order valence-corrected chi connectivity index (χ4v) is 3.24. The Morgan fingerprint density at radius 3 is 3.00 bits per heavy atom. The smallest absolute Gasteiger partial charge is 0.199 e. The van der Waals surface area contributed by atoms with Crippen LogP contribution >= 0.6 is 12.2 Å². The van der Waals surface area contributed by atoms with Crippen molar-refractivity contribution < 1.29 is 4.39 Å². The van der Waals surface area contributed by atoms with Crippen molar-refractivity contribution in [2.45, 2.75) is 45.4 Å². The summed E-state index contributed by atoms with van der Waals surface area (Å²) < 4.78 is 18.1. The summed E-state index contributed by atoms with van der Waals surface area (Å²) >= 11 is 5.55. The van der Waals surface area contributed by atoms with Crippen LogP contribution in [0.5, 0.6) is 0 Å². The Labute approximate surface area is 135 Å². The first-order chi connectivity index (χ1) is 10.6. The molecule has 0 aliphatic carbocycles. The summed E-state index contributed by atoms with van der Waals surface area (Å²) in [5.74, 6) is 0.901. The lowest BCUT2D eigenvalue weighted by molar-refractivity contribution is 0.243. The van der Waals surface area contributed by atoms with E-state index in [1.165, 1.54) is 25.3 Å². The lowest BCUT2D eigenvalue weighted by Gasteiger charge is -2.16. The average molecular weight is 320 g/mol. The molecule has 0 atom stereocenters. The van der Waals surface area contributed by atoms with Crippen molar-refractivity contribution in [1.29, 1.82) is 0 Å². The minimum Gasteiger partial charge on any atom is -0.304 e. The number of halogens is 1. The summed E-state index contributed by atoms with van der Waals surface area (Å²) in [7, 11) is 2.00. The fraction of sp³-hybridized carbons (Fsp3) is 0.500. The molecule has 118 valence electrons. The van der Waals surface area contributed by atoms with Crippen molar-refractivity contribution in [3.63, 3.8) is 0 Å². The molecule has 1 aromatic heterocycles. The molecule has 0 bridgehead atoms. The largest absolute Gasteiger partial charge is 0.304 e. The molecule has 0 spiro atoms. The van der Waals surface area contributed by atoms with Gasteiger partial charge in [-0.05, 0) is 49.8 Å². The highest BCUT2D eigenvalue weighted by atomic mass is 32.1. The Morgan fingerprint density at radius 2 is 2.18 bits per heavy atom. The number of hydrogen-bond donors (Lipinski definition) is 0. The van der Waals surface area contributed by atoms with Gasteiger partial charge in [0.1, 0.15) is 11.6 Å². The van der Waals surface area contributed by atoms with Crippen molar-refractivity contribution in [2.75, 3.05) is 7.05 Å². The standard InChI is InChI=1S/C16H21FN4S/c1-19(11-13-6-5-7-14(17)10-13)12-21-16(22)20-9-4-2-3-8-15(20)18-21/h5-7,10H,2-4,8-9,11-12H2,1H3. The average Bonchev–Trinajstić information content (AvgIpc) is 2.65. The minimum absolute atomic E-state index is 0.198. The van der Waals surface area contributed by atoms with E-state index in [0.717, 1.165) is 29.1 Å². The topological polar surface area (TPSA) is 26.0 Å². The molecule has 0 saturated heterocycles. The Balaban J connectivity index is 1.72. The van der Waals surface area contributed by atoms with Gasteiger partial charge in [-0.25, -0.2) is 9.07 Å². The van der Waals surface area contributed by atoms with Crippen LogP contribution in [0.2, 0.25) is 0 Å². The zero-order chi connectivity index (χ0) is 15.5. The maximum absolute atomic E-state index is 13.2. The van der Waals surface area contributed by atoms with E-state index < -0.39 is 0 Å². The molecular weight excluding hydrogens is 299 g/mol. The molecule has 0 radical (unpaired) electrons. The van der Waals surface area contributed by atoms with Gasteiger partial charge >= 0.3 is 0 Å². The lowest BCUT2D eigenvalue weighted by Crippen LogP contribution is -2.22. The molecule has 0 fully saturated rings. The Kier molecular flexibility index (Phi) is 4.69. The van der Waals surface area contributed by atoms with Gasteiger partial charge in [-0.15, -0.1) is 0 Å². The van der Waals surface area contributed by atoms with Gasteiger partial charge in [-0.1, -0.05) is 18.6 Å². The quantitative estimate of drug-likeness (QED) is 0.808. The van der Waals surface area contributed by atoms with E-state index in [9.17, 15) is 4.39 Å². The van der Waals surface area contributed by atoms with Gasteiger partial charge in [0.05, 0.1) is 6.67 Å².